The number of aliphatic hydroxyl groups is 1. The zero-order valence-corrected chi connectivity index (χ0v) is 18.9. The van der Waals surface area contributed by atoms with Crippen LogP contribution in [0.2, 0.25) is 0 Å². The molecule has 1 amide bonds. The first-order valence-corrected chi connectivity index (χ1v) is 10.2. The van der Waals surface area contributed by atoms with Gasteiger partial charge >= 0.3 is 0 Å². The Morgan fingerprint density at radius 2 is 2.00 bits per heavy atom. The van der Waals surface area contributed by atoms with Gasteiger partial charge in [0.2, 0.25) is 0 Å². The van der Waals surface area contributed by atoms with E-state index in [0.717, 1.165) is 17.8 Å². The van der Waals surface area contributed by atoms with E-state index in [4.69, 9.17) is 26.2 Å². The van der Waals surface area contributed by atoms with Crippen LogP contribution in [0.5, 0.6) is 0 Å². The lowest BCUT2D eigenvalue weighted by molar-refractivity contribution is -0.0976. The summed E-state index contributed by atoms with van der Waals surface area (Å²) in [5, 5.41) is 15.0. The monoisotopic (exact) mass is 463 g/mol. The van der Waals surface area contributed by atoms with Crippen molar-refractivity contribution in [2.75, 3.05) is 33.5 Å². The molecule has 11 nitrogen and oxygen atoms in total. The number of hydrazone groups is 1. The molecule has 1 aromatic carbocycles. The average molecular weight is 464 g/mol. The molecule has 12 heteroatoms. The summed E-state index contributed by atoms with van der Waals surface area (Å²) >= 11 is 0. The van der Waals surface area contributed by atoms with Gasteiger partial charge < -0.3 is 25.6 Å². The van der Waals surface area contributed by atoms with Crippen LogP contribution in [0.4, 0.5) is 4.39 Å². The van der Waals surface area contributed by atoms with Gasteiger partial charge in [-0.05, 0) is 37.1 Å². The van der Waals surface area contributed by atoms with Gasteiger partial charge in [-0.2, -0.15) is 0 Å². The summed E-state index contributed by atoms with van der Waals surface area (Å²) in [6.45, 7) is 5.29. The fraction of sp³-hybridized carbons (Fsp3) is 0.429. The number of aromatic nitrogens is 2. The van der Waals surface area contributed by atoms with Crippen molar-refractivity contribution in [2.45, 2.75) is 26.5 Å². The molecule has 0 bridgehead atoms. The lowest BCUT2D eigenvalue weighted by atomic mass is 10.1. The SMILES string of the molecule is CO.Cc1nc(C(=O)NCc2ccc(F)c(C)c2)cc(/C(N)=N/N(N)CC2COCCO2)n1. The van der Waals surface area contributed by atoms with Gasteiger partial charge in [0.25, 0.3) is 5.91 Å². The molecule has 1 atom stereocenters. The second-order valence-electron chi connectivity index (χ2n) is 7.13. The summed E-state index contributed by atoms with van der Waals surface area (Å²) in [7, 11) is 1.00. The molecule has 1 aromatic heterocycles. The largest absolute Gasteiger partial charge is 0.400 e. The van der Waals surface area contributed by atoms with Crippen LogP contribution < -0.4 is 16.9 Å². The third-order valence-electron chi connectivity index (χ3n) is 4.52. The van der Waals surface area contributed by atoms with Gasteiger partial charge in [0.05, 0.1) is 26.4 Å². The fourth-order valence-corrected chi connectivity index (χ4v) is 2.99. The number of nitrogens with zero attached hydrogens (tertiary/aromatic N) is 4. The number of carbonyl (C=O) groups is 1. The number of nitrogens with one attached hydrogen (secondary N) is 1. The molecule has 0 radical (unpaired) electrons. The Hall–Kier alpha value is -3.19. The highest BCUT2D eigenvalue weighted by atomic mass is 19.1. The molecule has 0 spiro atoms. The number of rotatable bonds is 7. The summed E-state index contributed by atoms with van der Waals surface area (Å²) in [6.07, 6.45) is -0.209. The maximum atomic E-state index is 13.4. The number of amidine groups is 1. The predicted octanol–water partition coefficient (Wildman–Crippen LogP) is -0.0176. The van der Waals surface area contributed by atoms with Crippen molar-refractivity contribution in [3.05, 3.63) is 58.4 Å². The van der Waals surface area contributed by atoms with Gasteiger partial charge in [-0.1, -0.05) is 12.1 Å². The Balaban J connectivity index is 0.00000187. The number of ether oxygens (including phenoxy) is 2. The predicted molar refractivity (Wildman–Crippen MR) is 119 cm³/mol. The van der Waals surface area contributed by atoms with Gasteiger partial charge in [-0.3, -0.25) is 4.79 Å². The minimum absolute atomic E-state index is 0.0351. The van der Waals surface area contributed by atoms with E-state index >= 15 is 0 Å². The number of aryl methyl sites for hydroxylation is 2. The lowest BCUT2D eigenvalue weighted by Crippen LogP contribution is -2.41. The summed E-state index contributed by atoms with van der Waals surface area (Å²) in [5.74, 6) is 5.57. The van der Waals surface area contributed by atoms with E-state index in [1.807, 2.05) is 0 Å². The van der Waals surface area contributed by atoms with E-state index in [0.29, 0.717) is 31.2 Å². The molecule has 1 fully saturated rings. The van der Waals surface area contributed by atoms with Crippen LogP contribution in [0.3, 0.4) is 0 Å². The highest BCUT2D eigenvalue weighted by molar-refractivity contribution is 5.99. The summed E-state index contributed by atoms with van der Waals surface area (Å²) < 4.78 is 24.2. The van der Waals surface area contributed by atoms with E-state index in [2.05, 4.69) is 20.4 Å². The first-order valence-electron chi connectivity index (χ1n) is 10.2. The summed E-state index contributed by atoms with van der Waals surface area (Å²) in [6, 6.07) is 6.09. The molecule has 1 aliphatic rings. The Morgan fingerprint density at radius 1 is 1.27 bits per heavy atom. The number of amides is 1. The van der Waals surface area contributed by atoms with E-state index in [9.17, 15) is 9.18 Å². The van der Waals surface area contributed by atoms with Gasteiger partial charge in [0, 0.05) is 13.7 Å². The molecule has 6 N–H and O–H groups in total. The topological polar surface area (TPSA) is 161 Å². The Morgan fingerprint density at radius 3 is 2.67 bits per heavy atom. The summed E-state index contributed by atoms with van der Waals surface area (Å²) in [5.41, 5.74) is 7.71. The second kappa shape index (κ2) is 12.7. The zero-order chi connectivity index (χ0) is 24.4. The number of halogens is 1. The van der Waals surface area contributed by atoms with Gasteiger partial charge in [0.15, 0.2) is 5.84 Å². The third-order valence-corrected chi connectivity index (χ3v) is 4.52. The molecule has 0 aliphatic carbocycles. The minimum Gasteiger partial charge on any atom is -0.400 e. The van der Waals surface area contributed by atoms with Crippen molar-refractivity contribution in [2.24, 2.45) is 16.7 Å². The number of hydrazine groups is 1. The number of carbonyl (C=O) groups excluding carboxylic acids is 1. The molecule has 3 rings (SSSR count). The first kappa shape index (κ1) is 26.1. The standard InChI is InChI=1S/C20H26FN7O3.CH4O/c1-12-7-14(3-4-16(12)21)9-24-20(29)18-8-17(25-13(2)26-18)19(22)27-28(23)10-15-11-30-5-6-31-15;1-2/h3-4,7-8,15H,5-6,9-11,23H2,1-2H3,(H2,22,27)(H,24,29);2H,1H3. The smallest absolute Gasteiger partial charge is 0.270 e. The van der Waals surface area contributed by atoms with E-state index in [-0.39, 0.29) is 42.2 Å². The number of aliphatic hydroxyl groups excluding tert-OH is 1. The molecule has 1 unspecified atom stereocenters. The molecule has 2 aromatic rings. The van der Waals surface area contributed by atoms with Crippen molar-refractivity contribution in [3.63, 3.8) is 0 Å². The minimum atomic E-state index is -0.418. The normalized spacial score (nSPS) is 15.9. The summed E-state index contributed by atoms with van der Waals surface area (Å²) in [4.78, 5) is 20.9. The Kier molecular flexibility index (Phi) is 10.1. The molecule has 180 valence electrons. The maximum Gasteiger partial charge on any atom is 0.270 e. The zero-order valence-electron chi connectivity index (χ0n) is 18.9. The number of benzene rings is 1. The van der Waals surface area contributed by atoms with Crippen LogP contribution in [0, 0.1) is 19.7 Å². The highest BCUT2D eigenvalue weighted by Gasteiger charge is 2.17. The van der Waals surface area contributed by atoms with Crippen LogP contribution in [0.1, 0.15) is 33.1 Å². The molecule has 1 aliphatic heterocycles. The van der Waals surface area contributed by atoms with Crippen molar-refractivity contribution >= 4 is 11.7 Å². The number of nitrogens with two attached hydrogens (primary N) is 2. The highest BCUT2D eigenvalue weighted by Crippen LogP contribution is 2.10. The second-order valence-corrected chi connectivity index (χ2v) is 7.13. The maximum absolute atomic E-state index is 13.4. The molecular formula is C21H30FN7O4. The Bertz CT molecular complexity index is 968. The molecular weight excluding hydrogens is 433 g/mol. The van der Waals surface area contributed by atoms with Crippen molar-refractivity contribution in [1.82, 2.24) is 20.4 Å². The molecule has 0 saturated carbocycles. The quantitative estimate of drug-likeness (QED) is 0.191. The van der Waals surface area contributed by atoms with Crippen molar-refractivity contribution in [1.29, 1.82) is 0 Å². The number of hydrogen-bond donors (Lipinski definition) is 4. The Labute approximate surface area is 191 Å². The van der Waals surface area contributed by atoms with Gasteiger partial charge in [0.1, 0.15) is 29.1 Å². The van der Waals surface area contributed by atoms with Crippen LogP contribution >= 0.6 is 0 Å². The number of hydrogen-bond acceptors (Lipinski definition) is 9. The van der Waals surface area contributed by atoms with E-state index in [1.54, 1.807) is 26.0 Å². The first-order chi connectivity index (χ1) is 15.8. The molecule has 1 saturated heterocycles. The van der Waals surface area contributed by atoms with Crippen molar-refractivity contribution < 1.29 is 23.8 Å². The van der Waals surface area contributed by atoms with E-state index < -0.39 is 5.91 Å². The van der Waals surface area contributed by atoms with Crippen LogP contribution in [0.15, 0.2) is 29.4 Å². The fourth-order valence-electron chi connectivity index (χ4n) is 2.99. The average Bonchev–Trinajstić information content (AvgIpc) is 2.81. The van der Waals surface area contributed by atoms with E-state index in [1.165, 1.54) is 12.1 Å². The molecule has 2 heterocycles. The lowest BCUT2D eigenvalue weighted by Gasteiger charge is -2.25. The van der Waals surface area contributed by atoms with Gasteiger partial charge in [-0.15, -0.1) is 5.10 Å². The van der Waals surface area contributed by atoms with Crippen LogP contribution in [-0.2, 0) is 16.0 Å². The van der Waals surface area contributed by atoms with Crippen LogP contribution in [0.25, 0.3) is 0 Å². The van der Waals surface area contributed by atoms with Crippen molar-refractivity contribution in [3.8, 4) is 0 Å². The van der Waals surface area contributed by atoms with Gasteiger partial charge in [-0.25, -0.2) is 25.3 Å². The molecule has 33 heavy (non-hydrogen) atoms. The van der Waals surface area contributed by atoms with Crippen LogP contribution in [-0.4, -0.2) is 71.5 Å². The third kappa shape index (κ3) is 8.02.